The van der Waals surface area contributed by atoms with Gasteiger partial charge in [0.2, 0.25) is 5.91 Å². The Kier molecular flexibility index (Phi) is 10.6. The van der Waals surface area contributed by atoms with Gasteiger partial charge in [0.15, 0.2) is 0 Å². The number of ether oxygens (including phenoxy) is 3. The Hall–Kier alpha value is -3.55. The van der Waals surface area contributed by atoms with Crippen LogP contribution in [-0.4, -0.2) is 42.8 Å². The number of esters is 1. The number of rotatable bonds is 10. The maximum Gasteiger partial charge on any atom is 0.407 e. The van der Waals surface area contributed by atoms with E-state index in [1.807, 2.05) is 75.4 Å². The van der Waals surface area contributed by atoms with Crippen LogP contribution in [0.25, 0.3) is 0 Å². The van der Waals surface area contributed by atoms with Gasteiger partial charge in [0.05, 0.1) is 7.11 Å². The molecular formula is C30H40N2O6. The van der Waals surface area contributed by atoms with Crippen LogP contribution in [0, 0.1) is 5.92 Å². The molecule has 1 aliphatic carbocycles. The molecule has 0 aliphatic heterocycles. The molecule has 1 saturated carbocycles. The van der Waals surface area contributed by atoms with Crippen molar-refractivity contribution in [1.82, 2.24) is 10.6 Å². The smallest absolute Gasteiger partial charge is 0.407 e. The zero-order chi connectivity index (χ0) is 27.5. The number of amides is 2. The highest BCUT2D eigenvalue weighted by atomic mass is 16.6. The van der Waals surface area contributed by atoms with Crippen molar-refractivity contribution < 1.29 is 28.6 Å². The molecule has 1 fully saturated rings. The van der Waals surface area contributed by atoms with E-state index in [4.69, 9.17) is 14.2 Å². The monoisotopic (exact) mass is 524 g/mol. The second-order valence-corrected chi connectivity index (χ2v) is 10.8. The predicted molar refractivity (Wildman–Crippen MR) is 145 cm³/mol. The van der Waals surface area contributed by atoms with Gasteiger partial charge in [0.1, 0.15) is 24.0 Å². The largest absolute Gasteiger partial charge is 0.489 e. The molecule has 0 radical (unpaired) electrons. The summed E-state index contributed by atoms with van der Waals surface area (Å²) in [5, 5.41) is 5.78. The molecule has 0 heterocycles. The summed E-state index contributed by atoms with van der Waals surface area (Å²) < 4.78 is 16.1. The van der Waals surface area contributed by atoms with Crippen molar-refractivity contribution in [1.29, 1.82) is 0 Å². The van der Waals surface area contributed by atoms with Gasteiger partial charge in [-0.2, -0.15) is 0 Å². The van der Waals surface area contributed by atoms with E-state index in [1.54, 1.807) is 0 Å². The minimum Gasteiger partial charge on any atom is -0.489 e. The topological polar surface area (TPSA) is 103 Å². The first-order valence-electron chi connectivity index (χ1n) is 13.2. The molecule has 38 heavy (non-hydrogen) atoms. The zero-order valence-electron chi connectivity index (χ0n) is 22.8. The maximum atomic E-state index is 12.8. The quantitative estimate of drug-likeness (QED) is 0.427. The summed E-state index contributed by atoms with van der Waals surface area (Å²) in [5.41, 5.74) is 1.44. The highest BCUT2D eigenvalue weighted by molar-refractivity contribution is 5.84. The van der Waals surface area contributed by atoms with Crippen LogP contribution in [0.3, 0.4) is 0 Å². The van der Waals surface area contributed by atoms with Gasteiger partial charge >= 0.3 is 12.1 Å². The van der Waals surface area contributed by atoms with Crippen molar-refractivity contribution in [3.8, 4) is 5.75 Å². The number of hydrogen-bond donors (Lipinski definition) is 2. The number of alkyl carbamates (subject to hydrolysis) is 1. The van der Waals surface area contributed by atoms with Gasteiger partial charge in [-0.1, -0.05) is 42.5 Å². The number of benzene rings is 2. The molecule has 1 aliphatic rings. The lowest BCUT2D eigenvalue weighted by Gasteiger charge is -2.30. The lowest BCUT2D eigenvalue weighted by atomic mass is 9.84. The molecule has 1 atom stereocenters. The fourth-order valence-corrected chi connectivity index (χ4v) is 4.53. The molecule has 0 bridgehead atoms. The van der Waals surface area contributed by atoms with Crippen molar-refractivity contribution in [2.75, 3.05) is 7.11 Å². The van der Waals surface area contributed by atoms with Gasteiger partial charge < -0.3 is 24.8 Å². The molecule has 0 saturated heterocycles. The molecule has 8 nitrogen and oxygen atoms in total. The van der Waals surface area contributed by atoms with Gasteiger partial charge in [-0.15, -0.1) is 0 Å². The molecule has 8 heteroatoms. The second kappa shape index (κ2) is 13.8. The van der Waals surface area contributed by atoms with Crippen molar-refractivity contribution >= 4 is 18.0 Å². The van der Waals surface area contributed by atoms with Crippen molar-refractivity contribution in [3.63, 3.8) is 0 Å². The molecule has 206 valence electrons. The lowest BCUT2D eigenvalue weighted by Crippen LogP contribution is -2.44. The molecule has 2 N–H and O–H groups in total. The maximum absolute atomic E-state index is 12.8. The number of methoxy groups -OCH3 is 1. The van der Waals surface area contributed by atoms with E-state index in [0.29, 0.717) is 19.4 Å². The van der Waals surface area contributed by atoms with E-state index in [-0.39, 0.29) is 17.9 Å². The highest BCUT2D eigenvalue weighted by Gasteiger charge is 2.28. The fraction of sp³-hybridized carbons (Fsp3) is 0.500. The highest BCUT2D eigenvalue weighted by Crippen LogP contribution is 2.27. The third-order valence-electron chi connectivity index (χ3n) is 6.47. The van der Waals surface area contributed by atoms with E-state index in [9.17, 15) is 14.4 Å². The Morgan fingerprint density at radius 2 is 1.58 bits per heavy atom. The lowest BCUT2D eigenvalue weighted by molar-refractivity contribution is -0.145. The number of carbonyl (C=O) groups excluding carboxylic acids is 3. The average Bonchev–Trinajstić information content (AvgIpc) is 2.88. The van der Waals surface area contributed by atoms with Crippen LogP contribution in [0.2, 0.25) is 0 Å². The summed E-state index contributed by atoms with van der Waals surface area (Å²) >= 11 is 0. The molecule has 0 aromatic heterocycles. The van der Waals surface area contributed by atoms with Crippen LogP contribution < -0.4 is 15.4 Å². The third kappa shape index (κ3) is 10.1. The molecule has 2 aromatic carbocycles. The number of hydrogen-bond acceptors (Lipinski definition) is 6. The van der Waals surface area contributed by atoms with Crippen LogP contribution in [0.4, 0.5) is 4.79 Å². The summed E-state index contributed by atoms with van der Waals surface area (Å²) in [6, 6.07) is 16.7. The third-order valence-corrected chi connectivity index (χ3v) is 6.47. The van der Waals surface area contributed by atoms with Crippen molar-refractivity contribution in [2.24, 2.45) is 5.92 Å². The summed E-state index contributed by atoms with van der Waals surface area (Å²) in [6.07, 6.45) is 3.47. The first-order chi connectivity index (χ1) is 18.1. The van der Waals surface area contributed by atoms with Crippen LogP contribution in [0.1, 0.15) is 64.0 Å². The van der Waals surface area contributed by atoms with Crippen LogP contribution in [0.15, 0.2) is 54.6 Å². The van der Waals surface area contributed by atoms with E-state index in [2.05, 4.69) is 10.6 Å². The Morgan fingerprint density at radius 1 is 0.921 bits per heavy atom. The zero-order valence-corrected chi connectivity index (χ0v) is 22.8. The van der Waals surface area contributed by atoms with Crippen molar-refractivity contribution in [2.45, 2.75) is 83.6 Å². The molecule has 3 rings (SSSR count). The van der Waals surface area contributed by atoms with E-state index >= 15 is 0 Å². The fourth-order valence-electron chi connectivity index (χ4n) is 4.53. The van der Waals surface area contributed by atoms with Crippen LogP contribution in [-0.2, 0) is 32.1 Å². The minimum atomic E-state index is -0.770. The SMILES string of the molecule is COC(=O)[C@H](Cc1ccc(OCc2ccccc2)cc1)NC(=O)CC1CCC(NC(=O)OC(C)(C)C)CC1. The summed E-state index contributed by atoms with van der Waals surface area (Å²) in [7, 11) is 1.32. The van der Waals surface area contributed by atoms with Gasteiger partial charge in [0.25, 0.3) is 0 Å². The molecule has 2 aromatic rings. The number of nitrogens with one attached hydrogen (secondary N) is 2. The van der Waals surface area contributed by atoms with E-state index in [0.717, 1.165) is 42.6 Å². The first-order valence-corrected chi connectivity index (χ1v) is 13.2. The van der Waals surface area contributed by atoms with Gasteiger partial charge in [-0.3, -0.25) is 4.79 Å². The first kappa shape index (κ1) is 29.0. The summed E-state index contributed by atoms with van der Waals surface area (Å²) in [4.78, 5) is 37.2. The van der Waals surface area contributed by atoms with Gasteiger partial charge in [-0.05, 0) is 75.6 Å². The van der Waals surface area contributed by atoms with Crippen LogP contribution in [0.5, 0.6) is 5.75 Å². The Labute approximate surface area is 225 Å². The number of carbonyl (C=O) groups is 3. The molecule has 2 amide bonds. The summed E-state index contributed by atoms with van der Waals surface area (Å²) in [6.45, 7) is 5.97. The standard InChI is InChI=1S/C30H40N2O6/c1-30(2,3)38-29(35)31-24-14-10-22(11-15-24)19-27(33)32-26(28(34)36-4)18-21-12-16-25(17-13-21)37-20-23-8-6-5-7-9-23/h5-9,12-13,16-17,22,24,26H,10-11,14-15,18-20H2,1-4H3,(H,31,35)(H,32,33)/t22?,24?,26-/m0/s1. The Bertz CT molecular complexity index is 1040. The van der Waals surface area contributed by atoms with E-state index in [1.165, 1.54) is 7.11 Å². The molecule has 0 unspecified atom stereocenters. The Balaban J connectivity index is 1.45. The molecule has 0 spiro atoms. The summed E-state index contributed by atoms with van der Waals surface area (Å²) in [5.74, 6) is 0.277. The normalized spacial score (nSPS) is 18.1. The van der Waals surface area contributed by atoms with Crippen LogP contribution >= 0.6 is 0 Å². The van der Waals surface area contributed by atoms with Gasteiger partial charge in [-0.25, -0.2) is 9.59 Å². The predicted octanol–water partition coefficient (Wildman–Crippen LogP) is 4.94. The van der Waals surface area contributed by atoms with E-state index < -0.39 is 23.7 Å². The average molecular weight is 525 g/mol. The minimum absolute atomic E-state index is 0.0478. The molecular weight excluding hydrogens is 484 g/mol. The van der Waals surface area contributed by atoms with Crippen molar-refractivity contribution in [3.05, 3.63) is 65.7 Å². The van der Waals surface area contributed by atoms with Gasteiger partial charge in [0, 0.05) is 18.9 Å². The second-order valence-electron chi connectivity index (χ2n) is 10.8. The Morgan fingerprint density at radius 3 is 2.18 bits per heavy atom.